The normalized spacial score (nSPS) is 29.1. The highest BCUT2D eigenvalue weighted by molar-refractivity contribution is 5.32. The van der Waals surface area contributed by atoms with Gasteiger partial charge < -0.3 is 19.3 Å². The van der Waals surface area contributed by atoms with E-state index < -0.39 is 5.60 Å². The lowest BCUT2D eigenvalue weighted by Crippen LogP contribution is -2.53. The maximum atomic E-state index is 12.5. The largest absolute Gasteiger partial charge is 0.469 e. The number of furan rings is 1. The Morgan fingerprint density at radius 3 is 2.67 bits per heavy atom. The van der Waals surface area contributed by atoms with Crippen molar-refractivity contribution in [2.75, 3.05) is 39.8 Å². The lowest BCUT2D eigenvalue weighted by molar-refractivity contribution is -0.0521. The van der Waals surface area contributed by atoms with Gasteiger partial charge in [-0.2, -0.15) is 0 Å². The van der Waals surface area contributed by atoms with E-state index in [1.807, 2.05) is 12.1 Å². The van der Waals surface area contributed by atoms with Crippen LogP contribution in [0.3, 0.4) is 0 Å². The fourth-order valence-corrected chi connectivity index (χ4v) is 5.45. The molecule has 3 unspecified atom stereocenters. The number of hydrogen-bond donors (Lipinski definition) is 1. The average Bonchev–Trinajstić information content (AvgIpc) is 3.19. The van der Waals surface area contributed by atoms with Crippen molar-refractivity contribution in [2.24, 2.45) is 5.92 Å². The van der Waals surface area contributed by atoms with Gasteiger partial charge in [-0.15, -0.1) is 0 Å². The van der Waals surface area contributed by atoms with Crippen LogP contribution in [0.5, 0.6) is 0 Å². The second kappa shape index (κ2) is 9.09. The Morgan fingerprint density at radius 1 is 1.17 bits per heavy atom. The van der Waals surface area contributed by atoms with Crippen LogP contribution in [0.15, 0.2) is 59.2 Å². The Balaban J connectivity index is 1.69. The van der Waals surface area contributed by atoms with Crippen molar-refractivity contribution in [1.82, 2.24) is 9.80 Å². The number of hydrogen-bond acceptors (Lipinski definition) is 4. The molecule has 0 bridgehead atoms. The summed E-state index contributed by atoms with van der Waals surface area (Å²) in [6.07, 6.45) is 5.38. The minimum atomic E-state index is -0.914. The molecule has 1 aliphatic heterocycles. The van der Waals surface area contributed by atoms with Crippen molar-refractivity contribution in [2.45, 2.75) is 44.1 Å². The van der Waals surface area contributed by atoms with Crippen molar-refractivity contribution in [1.29, 1.82) is 0 Å². The summed E-state index contributed by atoms with van der Waals surface area (Å²) in [7, 11) is 2.19. The summed E-state index contributed by atoms with van der Waals surface area (Å²) in [6, 6.07) is 12.5. The highest BCUT2D eigenvalue weighted by Gasteiger charge is 2.48. The fraction of sp³-hybridized carbons (Fsp3) is 0.538. The number of piperazine rings is 1. The maximum absolute atomic E-state index is 12.5. The van der Waals surface area contributed by atoms with Gasteiger partial charge in [0.25, 0.3) is 0 Å². The van der Waals surface area contributed by atoms with E-state index in [2.05, 4.69) is 54.6 Å². The number of likely N-dealkylation sites (N-methyl/N-ethyl adjacent to an activating group) is 1. The van der Waals surface area contributed by atoms with Crippen molar-refractivity contribution in [3.05, 3.63) is 71.7 Å². The summed E-state index contributed by atoms with van der Waals surface area (Å²) in [6.45, 7) is 11.8. The maximum Gasteiger partial charge on any atom is 0.113 e. The van der Waals surface area contributed by atoms with E-state index in [1.54, 1.807) is 6.26 Å². The Bertz CT molecular complexity index is 838. The molecule has 2 aromatic rings. The van der Waals surface area contributed by atoms with E-state index in [9.17, 15) is 5.11 Å². The molecule has 4 rings (SSSR count). The Hall–Kier alpha value is -1.88. The van der Waals surface area contributed by atoms with Crippen LogP contribution in [0.25, 0.3) is 0 Å². The first-order valence-electron chi connectivity index (χ1n) is 11.4. The lowest BCUT2D eigenvalue weighted by Gasteiger charge is -2.44. The van der Waals surface area contributed by atoms with E-state index in [0.29, 0.717) is 6.42 Å². The minimum absolute atomic E-state index is 0.173. The molecule has 3 atom stereocenters. The van der Waals surface area contributed by atoms with E-state index >= 15 is 0 Å². The average molecular weight is 409 g/mol. The van der Waals surface area contributed by atoms with E-state index in [1.165, 1.54) is 11.1 Å². The molecule has 1 aromatic carbocycles. The zero-order chi connectivity index (χ0) is 21.1. The molecule has 2 fully saturated rings. The molecule has 0 amide bonds. The number of aryl methyl sites for hydroxylation is 1. The van der Waals surface area contributed by atoms with Gasteiger partial charge in [0, 0.05) is 45.1 Å². The Morgan fingerprint density at radius 2 is 1.97 bits per heavy atom. The second-order valence-electron chi connectivity index (χ2n) is 9.46. The number of rotatable bonds is 5. The van der Waals surface area contributed by atoms with Gasteiger partial charge in [0.2, 0.25) is 0 Å². The Labute approximate surface area is 181 Å². The molecule has 4 nitrogen and oxygen atoms in total. The molecular weight excluding hydrogens is 372 g/mol. The summed E-state index contributed by atoms with van der Waals surface area (Å²) in [5, 5.41) is 12.5. The molecule has 0 radical (unpaired) electrons. The van der Waals surface area contributed by atoms with E-state index in [0.717, 1.165) is 63.3 Å². The third kappa shape index (κ3) is 4.56. The predicted molar refractivity (Wildman–Crippen MR) is 122 cm³/mol. The number of aliphatic hydroxyl groups is 1. The van der Waals surface area contributed by atoms with Gasteiger partial charge in [-0.1, -0.05) is 42.0 Å². The third-order valence-corrected chi connectivity index (χ3v) is 7.14. The third-order valence-electron chi connectivity index (χ3n) is 7.14. The number of nitrogens with zero attached hydrogens (tertiary/aromatic N) is 2. The smallest absolute Gasteiger partial charge is 0.113 e. The molecule has 0 spiro atoms. The molecule has 1 saturated carbocycles. The summed E-state index contributed by atoms with van der Waals surface area (Å²) < 4.78 is 5.87. The Kier molecular flexibility index (Phi) is 6.47. The second-order valence-corrected chi connectivity index (χ2v) is 9.46. The lowest BCUT2D eigenvalue weighted by atomic mass is 9.69. The molecule has 1 N–H and O–H groups in total. The van der Waals surface area contributed by atoms with Crippen molar-refractivity contribution in [3.8, 4) is 0 Å². The molecule has 2 heterocycles. The van der Waals surface area contributed by atoms with Gasteiger partial charge in [-0.3, -0.25) is 0 Å². The SMILES string of the molecule is C=C1CCCC(CN2CCN(C)CC2)C(O)(Cc2cccc(C)c2)C1c1ccco1. The number of benzene rings is 1. The van der Waals surface area contributed by atoms with E-state index in [4.69, 9.17) is 4.42 Å². The van der Waals surface area contributed by atoms with Crippen LogP contribution in [-0.2, 0) is 6.42 Å². The topological polar surface area (TPSA) is 39.9 Å². The van der Waals surface area contributed by atoms with Crippen LogP contribution in [0.1, 0.15) is 42.1 Å². The standard InChI is InChI=1S/C26H36N2O2/c1-20-7-4-9-22(17-20)18-26(29)23(19-28-14-12-27(3)13-15-28)10-5-8-21(2)25(26)24-11-6-16-30-24/h4,6-7,9,11,16-17,23,25,29H,2,5,8,10,12-15,18-19H2,1,3H3. The van der Waals surface area contributed by atoms with Gasteiger partial charge in [-0.05, 0) is 50.9 Å². The zero-order valence-electron chi connectivity index (χ0n) is 18.5. The van der Waals surface area contributed by atoms with Crippen molar-refractivity contribution in [3.63, 3.8) is 0 Å². The highest BCUT2D eigenvalue weighted by Crippen LogP contribution is 2.47. The van der Waals surface area contributed by atoms with Gasteiger partial charge in [0.1, 0.15) is 5.76 Å². The van der Waals surface area contributed by atoms with Crippen LogP contribution >= 0.6 is 0 Å². The van der Waals surface area contributed by atoms with Gasteiger partial charge >= 0.3 is 0 Å². The summed E-state index contributed by atoms with van der Waals surface area (Å²) in [5.41, 5.74) is 2.60. The van der Waals surface area contributed by atoms with Gasteiger partial charge in [0.15, 0.2) is 0 Å². The molecule has 1 saturated heterocycles. The van der Waals surface area contributed by atoms with Crippen LogP contribution in [-0.4, -0.2) is 60.3 Å². The quantitative estimate of drug-likeness (QED) is 0.593. The van der Waals surface area contributed by atoms with Crippen LogP contribution < -0.4 is 0 Å². The van der Waals surface area contributed by atoms with Crippen LogP contribution in [0.4, 0.5) is 0 Å². The predicted octanol–water partition coefficient (Wildman–Crippen LogP) is 4.25. The molecule has 1 aromatic heterocycles. The van der Waals surface area contributed by atoms with Crippen LogP contribution in [0, 0.1) is 12.8 Å². The van der Waals surface area contributed by atoms with Gasteiger partial charge in [0.05, 0.1) is 17.8 Å². The van der Waals surface area contributed by atoms with Gasteiger partial charge in [-0.25, -0.2) is 0 Å². The first kappa shape index (κ1) is 21.4. The van der Waals surface area contributed by atoms with Crippen LogP contribution in [0.2, 0.25) is 0 Å². The zero-order valence-corrected chi connectivity index (χ0v) is 18.5. The summed E-state index contributed by atoms with van der Waals surface area (Å²) >= 11 is 0. The molecule has 1 aliphatic carbocycles. The molecule has 30 heavy (non-hydrogen) atoms. The molecule has 2 aliphatic rings. The van der Waals surface area contributed by atoms with Crippen molar-refractivity contribution < 1.29 is 9.52 Å². The first-order chi connectivity index (χ1) is 14.5. The highest BCUT2D eigenvalue weighted by atomic mass is 16.3. The minimum Gasteiger partial charge on any atom is -0.469 e. The summed E-state index contributed by atoms with van der Waals surface area (Å²) in [4.78, 5) is 4.93. The van der Waals surface area contributed by atoms with Crippen molar-refractivity contribution >= 4 is 0 Å². The van der Waals surface area contributed by atoms with E-state index in [-0.39, 0.29) is 11.8 Å². The molecular formula is C26H36N2O2. The first-order valence-corrected chi connectivity index (χ1v) is 11.4. The summed E-state index contributed by atoms with van der Waals surface area (Å²) in [5.74, 6) is 0.851. The molecule has 162 valence electrons. The fourth-order valence-electron chi connectivity index (χ4n) is 5.45. The monoisotopic (exact) mass is 408 g/mol. The molecule has 4 heteroatoms.